The van der Waals surface area contributed by atoms with E-state index >= 15 is 0 Å². The van der Waals surface area contributed by atoms with E-state index in [0.717, 1.165) is 10.0 Å². The van der Waals surface area contributed by atoms with E-state index in [-0.39, 0.29) is 11.6 Å². The molecular formula is C17H22BrNO4. The van der Waals surface area contributed by atoms with Crippen molar-refractivity contribution in [3.63, 3.8) is 0 Å². The maximum atomic E-state index is 11.9. The number of carbonyl (C=O) groups is 2. The minimum Gasteiger partial charge on any atom is -0.464 e. The summed E-state index contributed by atoms with van der Waals surface area (Å²) in [5.41, 5.74) is 0.379. The van der Waals surface area contributed by atoms with Gasteiger partial charge in [0, 0.05) is 10.4 Å². The van der Waals surface area contributed by atoms with E-state index < -0.39 is 17.7 Å². The van der Waals surface area contributed by atoms with Gasteiger partial charge in [0.2, 0.25) is 0 Å². The molecule has 5 nitrogen and oxygen atoms in total. The second kappa shape index (κ2) is 8.15. The Kier molecular flexibility index (Phi) is 6.81. The topological polar surface area (TPSA) is 64.6 Å². The highest BCUT2D eigenvalue weighted by Crippen LogP contribution is 2.26. The lowest BCUT2D eigenvalue weighted by atomic mass is 10.00. The third-order valence-corrected chi connectivity index (χ3v) is 3.58. The molecule has 0 aliphatic rings. The Balaban J connectivity index is 3.00. The average molecular weight is 384 g/mol. The quantitative estimate of drug-likeness (QED) is 0.626. The van der Waals surface area contributed by atoms with Crippen molar-refractivity contribution in [3.05, 3.63) is 46.1 Å². The third kappa shape index (κ3) is 6.44. The van der Waals surface area contributed by atoms with E-state index in [0.29, 0.717) is 0 Å². The molecule has 1 unspecified atom stereocenters. The number of nitrogens with one attached hydrogen (secondary N) is 1. The first-order chi connectivity index (χ1) is 10.6. The van der Waals surface area contributed by atoms with E-state index in [1.807, 2.05) is 31.2 Å². The molecule has 1 atom stereocenters. The maximum absolute atomic E-state index is 11.9. The number of ether oxygens (including phenoxy) is 2. The number of halogens is 1. The van der Waals surface area contributed by atoms with Gasteiger partial charge in [0.25, 0.3) is 0 Å². The number of allylic oxidation sites excluding steroid dienone is 1. The van der Waals surface area contributed by atoms with Crippen molar-refractivity contribution >= 4 is 28.0 Å². The highest BCUT2D eigenvalue weighted by molar-refractivity contribution is 9.10. The van der Waals surface area contributed by atoms with Crippen molar-refractivity contribution in [2.75, 3.05) is 7.11 Å². The molecule has 0 aromatic heterocycles. The van der Waals surface area contributed by atoms with E-state index in [1.54, 1.807) is 26.8 Å². The molecule has 1 aromatic carbocycles. The van der Waals surface area contributed by atoms with Gasteiger partial charge in [-0.1, -0.05) is 41.1 Å². The van der Waals surface area contributed by atoms with Gasteiger partial charge in [0.15, 0.2) is 0 Å². The van der Waals surface area contributed by atoms with Gasteiger partial charge in [-0.3, -0.25) is 5.32 Å². The van der Waals surface area contributed by atoms with Crippen LogP contribution in [0, 0.1) is 0 Å². The average Bonchev–Trinajstić information content (AvgIpc) is 2.44. The normalized spacial score (nSPS) is 13.2. The Labute approximate surface area is 145 Å². The summed E-state index contributed by atoms with van der Waals surface area (Å²) in [6.07, 6.45) is 0.934. The summed E-state index contributed by atoms with van der Waals surface area (Å²) < 4.78 is 10.8. The number of alkyl carbamates (subject to hydrolysis) is 1. The Morgan fingerprint density at radius 3 is 2.39 bits per heavy atom. The molecule has 0 spiro atoms. The molecule has 0 saturated heterocycles. The Morgan fingerprint density at radius 1 is 1.26 bits per heavy atom. The summed E-state index contributed by atoms with van der Waals surface area (Å²) in [6.45, 7) is 7.16. The van der Waals surface area contributed by atoms with Crippen molar-refractivity contribution in [3.8, 4) is 0 Å². The standard InChI is InChI=1S/C17H22BrNO4/c1-11(12-8-6-7-9-13(12)18)10-14(15(20)22-5)19-16(21)23-17(2,3)4/h6-11H,1-5H3,(H,19,21)/b14-10+. The Bertz CT molecular complexity index is 605. The lowest BCUT2D eigenvalue weighted by Crippen LogP contribution is -2.34. The molecule has 1 aromatic rings. The highest BCUT2D eigenvalue weighted by Gasteiger charge is 2.21. The molecule has 0 radical (unpaired) electrons. The van der Waals surface area contributed by atoms with Crippen LogP contribution in [-0.2, 0) is 14.3 Å². The molecule has 126 valence electrons. The summed E-state index contributed by atoms with van der Waals surface area (Å²) in [7, 11) is 1.26. The SMILES string of the molecule is COC(=O)/C(=C\C(C)c1ccccc1Br)NC(=O)OC(C)(C)C. The molecule has 0 fully saturated rings. The van der Waals surface area contributed by atoms with Gasteiger partial charge in [-0.05, 0) is 38.5 Å². The number of rotatable bonds is 4. The van der Waals surface area contributed by atoms with Gasteiger partial charge in [0.1, 0.15) is 11.3 Å². The van der Waals surface area contributed by atoms with E-state index in [1.165, 1.54) is 7.11 Å². The van der Waals surface area contributed by atoms with Crippen LogP contribution in [0.1, 0.15) is 39.2 Å². The van der Waals surface area contributed by atoms with Gasteiger partial charge in [-0.25, -0.2) is 9.59 Å². The molecule has 0 heterocycles. The fraction of sp³-hybridized carbons (Fsp3) is 0.412. The fourth-order valence-electron chi connectivity index (χ4n) is 1.87. The van der Waals surface area contributed by atoms with Crippen molar-refractivity contribution < 1.29 is 19.1 Å². The molecule has 0 bridgehead atoms. The van der Waals surface area contributed by atoms with Crippen molar-refractivity contribution in [2.45, 2.75) is 39.2 Å². The van der Waals surface area contributed by atoms with Crippen molar-refractivity contribution in [1.29, 1.82) is 0 Å². The number of esters is 1. The molecule has 1 amide bonds. The smallest absolute Gasteiger partial charge is 0.412 e. The minimum atomic E-state index is -0.700. The molecule has 0 saturated carbocycles. The van der Waals surface area contributed by atoms with E-state index in [2.05, 4.69) is 21.2 Å². The van der Waals surface area contributed by atoms with Gasteiger partial charge < -0.3 is 9.47 Å². The number of benzene rings is 1. The summed E-state index contributed by atoms with van der Waals surface area (Å²) in [6, 6.07) is 7.67. The van der Waals surface area contributed by atoms with Crippen LogP contribution in [0.2, 0.25) is 0 Å². The van der Waals surface area contributed by atoms with Crippen LogP contribution in [0.5, 0.6) is 0 Å². The summed E-state index contributed by atoms with van der Waals surface area (Å²) >= 11 is 3.47. The zero-order valence-corrected chi connectivity index (χ0v) is 15.6. The second-order valence-electron chi connectivity index (χ2n) is 6.01. The molecule has 0 aliphatic carbocycles. The Morgan fingerprint density at radius 2 is 1.87 bits per heavy atom. The predicted molar refractivity (Wildman–Crippen MR) is 92.0 cm³/mol. The number of hydrogen-bond acceptors (Lipinski definition) is 4. The van der Waals surface area contributed by atoms with Crippen molar-refractivity contribution in [2.24, 2.45) is 0 Å². The Hall–Kier alpha value is -1.82. The van der Waals surface area contributed by atoms with E-state index in [9.17, 15) is 9.59 Å². The molecule has 23 heavy (non-hydrogen) atoms. The number of hydrogen-bond donors (Lipinski definition) is 1. The van der Waals surface area contributed by atoms with Gasteiger partial charge in [-0.2, -0.15) is 0 Å². The summed E-state index contributed by atoms with van der Waals surface area (Å²) in [5, 5.41) is 2.45. The zero-order chi connectivity index (χ0) is 17.6. The lowest BCUT2D eigenvalue weighted by molar-refractivity contribution is -0.136. The maximum Gasteiger partial charge on any atom is 0.412 e. The second-order valence-corrected chi connectivity index (χ2v) is 6.86. The zero-order valence-electron chi connectivity index (χ0n) is 14.0. The van der Waals surface area contributed by atoms with Crippen molar-refractivity contribution in [1.82, 2.24) is 5.32 Å². The van der Waals surface area contributed by atoms with Crippen LogP contribution in [0.3, 0.4) is 0 Å². The molecule has 6 heteroatoms. The van der Waals surface area contributed by atoms with Crippen LogP contribution >= 0.6 is 15.9 Å². The first-order valence-corrected chi connectivity index (χ1v) is 7.98. The highest BCUT2D eigenvalue weighted by atomic mass is 79.9. The van der Waals surface area contributed by atoms with E-state index in [4.69, 9.17) is 9.47 Å². The molecule has 1 N–H and O–H groups in total. The van der Waals surface area contributed by atoms with Crippen LogP contribution in [0.25, 0.3) is 0 Å². The predicted octanol–water partition coefficient (Wildman–Crippen LogP) is 4.13. The lowest BCUT2D eigenvalue weighted by Gasteiger charge is -2.20. The van der Waals surface area contributed by atoms with Crippen LogP contribution < -0.4 is 5.32 Å². The minimum absolute atomic E-state index is 0.0463. The number of carbonyl (C=O) groups excluding carboxylic acids is 2. The summed E-state index contributed by atoms with van der Waals surface area (Å²) in [5.74, 6) is -0.746. The van der Waals surface area contributed by atoms with Gasteiger partial charge >= 0.3 is 12.1 Å². The third-order valence-electron chi connectivity index (χ3n) is 2.85. The fourth-order valence-corrected chi connectivity index (χ4v) is 2.51. The summed E-state index contributed by atoms with van der Waals surface area (Å²) in [4.78, 5) is 23.8. The number of methoxy groups -OCH3 is 1. The first-order valence-electron chi connectivity index (χ1n) is 7.18. The molecule has 1 rings (SSSR count). The largest absolute Gasteiger partial charge is 0.464 e. The molecular weight excluding hydrogens is 362 g/mol. The molecule has 0 aliphatic heterocycles. The van der Waals surface area contributed by atoms with Crippen LogP contribution in [-0.4, -0.2) is 24.8 Å². The van der Waals surface area contributed by atoms with Crippen LogP contribution in [0.15, 0.2) is 40.5 Å². The van der Waals surface area contributed by atoms with Gasteiger partial charge in [0.05, 0.1) is 7.11 Å². The van der Waals surface area contributed by atoms with Crippen LogP contribution in [0.4, 0.5) is 4.79 Å². The van der Waals surface area contributed by atoms with Gasteiger partial charge in [-0.15, -0.1) is 0 Å². The number of amides is 1. The monoisotopic (exact) mass is 383 g/mol. The first kappa shape index (κ1) is 19.2.